The molecule has 94 valence electrons. The van der Waals surface area contributed by atoms with Crippen molar-refractivity contribution in [2.75, 3.05) is 0 Å². The molecule has 0 N–H and O–H groups in total. The van der Waals surface area contributed by atoms with Crippen LogP contribution >= 0.6 is 0 Å². The van der Waals surface area contributed by atoms with Crippen molar-refractivity contribution in [1.82, 2.24) is 0 Å². The molecule has 0 bridgehead atoms. The second-order valence-corrected chi connectivity index (χ2v) is 6.43. The third-order valence-corrected chi connectivity index (χ3v) is 4.22. The van der Waals surface area contributed by atoms with Crippen LogP contribution in [0.3, 0.4) is 0 Å². The van der Waals surface area contributed by atoms with Gasteiger partial charge in [0, 0.05) is 0 Å². The number of hydrogen-bond acceptors (Lipinski definition) is 0. The van der Waals surface area contributed by atoms with Gasteiger partial charge in [-0.3, -0.25) is 0 Å². The molecule has 0 radical (unpaired) electrons. The lowest BCUT2D eigenvalue weighted by molar-refractivity contribution is 0.353. The van der Waals surface area contributed by atoms with Crippen LogP contribution in [0.25, 0.3) is 0 Å². The maximum Gasteiger partial charge on any atom is -0.0114 e. The lowest BCUT2D eigenvalue weighted by atomic mass is 9.89. The molecule has 1 fully saturated rings. The molecular weight excluding hydrogens is 192 g/mol. The molecule has 0 nitrogen and oxygen atoms in total. The van der Waals surface area contributed by atoms with Crippen molar-refractivity contribution in [2.45, 2.75) is 60.3 Å². The van der Waals surface area contributed by atoms with Gasteiger partial charge in [-0.05, 0) is 48.9 Å². The zero-order chi connectivity index (χ0) is 12.3. The molecule has 16 heavy (non-hydrogen) atoms. The lowest BCUT2D eigenvalue weighted by Crippen LogP contribution is -2.04. The van der Waals surface area contributed by atoms with Crippen molar-refractivity contribution in [3.63, 3.8) is 0 Å². The van der Waals surface area contributed by atoms with Crippen LogP contribution in [0.2, 0.25) is 0 Å². The molecule has 1 rings (SSSR count). The average Bonchev–Trinajstić information content (AvgIpc) is 2.83. The summed E-state index contributed by atoms with van der Waals surface area (Å²) in [6.45, 7) is 15.9. The second-order valence-electron chi connectivity index (χ2n) is 6.43. The van der Waals surface area contributed by atoms with Gasteiger partial charge in [0.05, 0.1) is 0 Å². The Balaban J connectivity index is 2.26. The Kier molecular flexibility index (Phi) is 5.08. The summed E-state index contributed by atoms with van der Waals surface area (Å²) in [5, 5.41) is 0. The Hall–Kier alpha value is -0.260. The largest absolute Gasteiger partial charge is 0.0992 e. The molecule has 0 spiro atoms. The molecule has 1 aliphatic rings. The van der Waals surface area contributed by atoms with Gasteiger partial charge in [-0.2, -0.15) is 0 Å². The van der Waals surface area contributed by atoms with Crippen molar-refractivity contribution in [2.24, 2.45) is 29.6 Å². The van der Waals surface area contributed by atoms with Crippen molar-refractivity contribution >= 4 is 0 Å². The van der Waals surface area contributed by atoms with Gasteiger partial charge in [0.25, 0.3) is 0 Å². The van der Waals surface area contributed by atoms with E-state index in [1.165, 1.54) is 31.3 Å². The molecule has 0 aromatic rings. The van der Waals surface area contributed by atoms with E-state index in [0.717, 1.165) is 29.6 Å². The summed E-state index contributed by atoms with van der Waals surface area (Å²) >= 11 is 0. The highest BCUT2D eigenvalue weighted by atomic mass is 14.5. The van der Waals surface area contributed by atoms with E-state index in [0.29, 0.717) is 0 Å². The molecule has 1 saturated carbocycles. The zero-order valence-corrected chi connectivity index (χ0v) is 11.9. The van der Waals surface area contributed by atoms with Crippen LogP contribution in [0.5, 0.6) is 0 Å². The van der Waals surface area contributed by atoms with Crippen molar-refractivity contribution in [3.05, 3.63) is 12.2 Å². The fourth-order valence-electron chi connectivity index (χ4n) is 3.23. The Bertz CT molecular complexity index is 224. The van der Waals surface area contributed by atoms with Crippen molar-refractivity contribution in [1.29, 1.82) is 0 Å². The van der Waals surface area contributed by atoms with Gasteiger partial charge in [0.2, 0.25) is 0 Å². The first-order chi connectivity index (χ1) is 7.47. The van der Waals surface area contributed by atoms with E-state index in [-0.39, 0.29) is 0 Å². The highest BCUT2D eigenvalue weighted by Crippen LogP contribution is 2.52. The molecule has 3 atom stereocenters. The Morgan fingerprint density at radius 3 is 2.19 bits per heavy atom. The topological polar surface area (TPSA) is 0 Å². The van der Waals surface area contributed by atoms with E-state index < -0.39 is 0 Å². The molecule has 0 heterocycles. The third-order valence-electron chi connectivity index (χ3n) is 4.22. The van der Waals surface area contributed by atoms with E-state index in [1.54, 1.807) is 0 Å². The maximum atomic E-state index is 4.22. The Morgan fingerprint density at radius 2 is 1.81 bits per heavy atom. The molecule has 0 aromatic heterocycles. The first kappa shape index (κ1) is 13.8. The van der Waals surface area contributed by atoms with Gasteiger partial charge in [-0.1, -0.05) is 53.2 Å². The van der Waals surface area contributed by atoms with E-state index in [4.69, 9.17) is 0 Å². The van der Waals surface area contributed by atoms with E-state index in [2.05, 4.69) is 41.2 Å². The van der Waals surface area contributed by atoms with Crippen LogP contribution in [0.15, 0.2) is 12.2 Å². The predicted octanol–water partition coefficient (Wildman–Crippen LogP) is 5.30. The summed E-state index contributed by atoms with van der Waals surface area (Å²) in [6.07, 6.45) is 5.57. The monoisotopic (exact) mass is 222 g/mol. The fourth-order valence-corrected chi connectivity index (χ4v) is 3.23. The molecule has 0 heteroatoms. The van der Waals surface area contributed by atoms with Gasteiger partial charge in [-0.15, -0.1) is 0 Å². The van der Waals surface area contributed by atoms with Gasteiger partial charge in [0.1, 0.15) is 0 Å². The summed E-state index contributed by atoms with van der Waals surface area (Å²) in [6, 6.07) is 0. The average molecular weight is 222 g/mol. The smallest absolute Gasteiger partial charge is 0.0114 e. The number of rotatable bonds is 7. The first-order valence-corrected chi connectivity index (χ1v) is 7.16. The van der Waals surface area contributed by atoms with Gasteiger partial charge in [0.15, 0.2) is 0 Å². The highest BCUT2D eigenvalue weighted by Gasteiger charge is 2.43. The summed E-state index contributed by atoms with van der Waals surface area (Å²) in [5.74, 6) is 4.31. The third kappa shape index (κ3) is 3.64. The molecule has 0 aromatic carbocycles. The number of hydrogen-bond donors (Lipinski definition) is 0. The standard InChI is InChI=1S/C16H30/c1-7-14(10-11(2)3)8-9-15-13(6)16(15)12(4)5/h11-12,14-16H,6-10H2,1-5H3. The van der Waals surface area contributed by atoms with E-state index in [9.17, 15) is 0 Å². The van der Waals surface area contributed by atoms with Gasteiger partial charge < -0.3 is 0 Å². The Morgan fingerprint density at radius 1 is 1.19 bits per heavy atom. The zero-order valence-electron chi connectivity index (χ0n) is 11.9. The van der Waals surface area contributed by atoms with E-state index in [1.807, 2.05) is 0 Å². The molecule has 0 aliphatic heterocycles. The summed E-state index contributed by atoms with van der Waals surface area (Å²) in [5.41, 5.74) is 1.54. The van der Waals surface area contributed by atoms with Crippen LogP contribution < -0.4 is 0 Å². The molecule has 3 unspecified atom stereocenters. The van der Waals surface area contributed by atoms with Gasteiger partial charge >= 0.3 is 0 Å². The SMILES string of the molecule is C=C1C(CCC(CC)CC(C)C)C1C(C)C. The minimum absolute atomic E-state index is 0.808. The van der Waals surface area contributed by atoms with Crippen LogP contribution in [0.4, 0.5) is 0 Å². The molecule has 0 saturated heterocycles. The fraction of sp³-hybridized carbons (Fsp3) is 0.875. The quantitative estimate of drug-likeness (QED) is 0.513. The van der Waals surface area contributed by atoms with Crippen molar-refractivity contribution in [3.8, 4) is 0 Å². The predicted molar refractivity (Wildman–Crippen MR) is 73.4 cm³/mol. The summed E-state index contributed by atoms with van der Waals surface area (Å²) < 4.78 is 0. The van der Waals surface area contributed by atoms with Crippen LogP contribution in [0.1, 0.15) is 60.3 Å². The minimum Gasteiger partial charge on any atom is -0.0992 e. The highest BCUT2D eigenvalue weighted by molar-refractivity contribution is 5.26. The second kappa shape index (κ2) is 5.89. The minimum atomic E-state index is 0.808. The van der Waals surface area contributed by atoms with Crippen molar-refractivity contribution < 1.29 is 0 Å². The Labute approximate surface area is 103 Å². The normalized spacial score (nSPS) is 26.6. The number of allylic oxidation sites excluding steroid dienone is 1. The molecule has 0 amide bonds. The molecule has 1 aliphatic carbocycles. The molecular formula is C16H30. The van der Waals surface area contributed by atoms with Crippen LogP contribution in [0, 0.1) is 29.6 Å². The lowest BCUT2D eigenvalue weighted by Gasteiger charge is -2.16. The van der Waals surface area contributed by atoms with Gasteiger partial charge in [-0.25, -0.2) is 0 Å². The summed E-state index contributed by atoms with van der Waals surface area (Å²) in [4.78, 5) is 0. The maximum absolute atomic E-state index is 4.22. The summed E-state index contributed by atoms with van der Waals surface area (Å²) in [7, 11) is 0. The van der Waals surface area contributed by atoms with Crippen LogP contribution in [-0.4, -0.2) is 0 Å². The first-order valence-electron chi connectivity index (χ1n) is 7.16. The van der Waals surface area contributed by atoms with E-state index >= 15 is 0 Å². The van der Waals surface area contributed by atoms with Crippen LogP contribution in [-0.2, 0) is 0 Å².